The number of nitrogens with zero attached hydrogens (tertiary/aromatic N) is 5. The lowest BCUT2D eigenvalue weighted by molar-refractivity contribution is 0.202. The van der Waals surface area contributed by atoms with Crippen LogP contribution in [0.25, 0.3) is 15.2 Å². The van der Waals surface area contributed by atoms with Crippen molar-refractivity contribution in [3.05, 3.63) is 56.4 Å². The minimum absolute atomic E-state index is 0.0830. The van der Waals surface area contributed by atoms with Crippen LogP contribution in [0.2, 0.25) is 0 Å². The summed E-state index contributed by atoms with van der Waals surface area (Å²) in [7, 11) is 0. The van der Waals surface area contributed by atoms with Gasteiger partial charge in [0.15, 0.2) is 0 Å². The van der Waals surface area contributed by atoms with Crippen LogP contribution in [0.3, 0.4) is 0 Å². The van der Waals surface area contributed by atoms with Gasteiger partial charge in [-0.15, -0.1) is 11.3 Å². The number of hydrogen-bond donors (Lipinski definition) is 0. The number of piperidine rings is 1. The smallest absolute Gasteiger partial charge is 0.275 e. The summed E-state index contributed by atoms with van der Waals surface area (Å²) in [6.07, 6.45) is 3.02. The van der Waals surface area contributed by atoms with Crippen molar-refractivity contribution in [2.24, 2.45) is 0 Å². The molecular formula is C20H21N5OS2. The van der Waals surface area contributed by atoms with Crippen molar-refractivity contribution in [1.29, 1.82) is 0 Å². The predicted octanol–water partition coefficient (Wildman–Crippen LogP) is 3.70. The molecule has 28 heavy (non-hydrogen) atoms. The van der Waals surface area contributed by atoms with Gasteiger partial charge in [-0.2, -0.15) is 9.61 Å². The van der Waals surface area contributed by atoms with Gasteiger partial charge >= 0.3 is 0 Å². The van der Waals surface area contributed by atoms with Crippen molar-refractivity contribution < 1.29 is 0 Å². The molecule has 6 nitrogen and oxygen atoms in total. The van der Waals surface area contributed by atoms with Gasteiger partial charge in [-0.1, -0.05) is 30.4 Å². The molecule has 4 aromatic rings. The minimum atomic E-state index is -0.0830. The van der Waals surface area contributed by atoms with E-state index in [0.29, 0.717) is 10.9 Å². The summed E-state index contributed by atoms with van der Waals surface area (Å²) >= 11 is 3.33. The highest BCUT2D eigenvalue weighted by Gasteiger charge is 2.24. The first kappa shape index (κ1) is 17.9. The molecule has 0 N–H and O–H groups in total. The molecule has 1 saturated heterocycles. The van der Waals surface area contributed by atoms with Crippen LogP contribution in [0.5, 0.6) is 0 Å². The maximum atomic E-state index is 12.3. The summed E-state index contributed by atoms with van der Waals surface area (Å²) in [6, 6.07) is 9.99. The van der Waals surface area contributed by atoms with Gasteiger partial charge in [0.2, 0.25) is 4.96 Å². The number of hydrogen-bond acceptors (Lipinski definition) is 7. The number of thiazole rings is 1. The SMILES string of the molecule is CCc1nn2c(=O)cc(CN3CCC(c4nc5ccccc5s4)CC3)nc2s1. The molecule has 3 aromatic heterocycles. The average molecular weight is 412 g/mol. The Hall–Kier alpha value is -2.16. The predicted molar refractivity (Wildman–Crippen MR) is 113 cm³/mol. The third-order valence-corrected chi connectivity index (χ3v) is 7.53. The van der Waals surface area contributed by atoms with E-state index in [0.717, 1.165) is 55.1 Å². The van der Waals surface area contributed by atoms with Gasteiger partial charge in [0, 0.05) is 18.5 Å². The fourth-order valence-electron chi connectivity index (χ4n) is 3.75. The van der Waals surface area contributed by atoms with E-state index in [4.69, 9.17) is 4.98 Å². The molecule has 1 aliphatic rings. The van der Waals surface area contributed by atoms with Crippen LogP contribution in [0.4, 0.5) is 0 Å². The fraction of sp³-hybridized carbons (Fsp3) is 0.400. The molecule has 4 heterocycles. The molecule has 0 unspecified atom stereocenters. The van der Waals surface area contributed by atoms with Crippen LogP contribution in [-0.2, 0) is 13.0 Å². The summed E-state index contributed by atoms with van der Waals surface area (Å²) in [4.78, 5) is 24.9. The van der Waals surface area contributed by atoms with Gasteiger partial charge in [0.25, 0.3) is 5.56 Å². The van der Waals surface area contributed by atoms with Crippen molar-refractivity contribution in [2.45, 2.75) is 38.6 Å². The number of aryl methyl sites for hydroxylation is 1. The summed E-state index contributed by atoms with van der Waals surface area (Å²) in [5, 5.41) is 6.52. The number of benzene rings is 1. The number of fused-ring (bicyclic) bond motifs is 2. The Balaban J connectivity index is 1.28. The molecule has 144 valence electrons. The topological polar surface area (TPSA) is 63.4 Å². The Morgan fingerprint density at radius 3 is 2.75 bits per heavy atom. The average Bonchev–Trinajstić information content (AvgIpc) is 3.32. The molecule has 0 saturated carbocycles. The van der Waals surface area contributed by atoms with Crippen molar-refractivity contribution in [3.8, 4) is 0 Å². The first-order valence-electron chi connectivity index (χ1n) is 9.66. The molecule has 8 heteroatoms. The Morgan fingerprint density at radius 2 is 1.96 bits per heavy atom. The molecule has 1 fully saturated rings. The minimum Gasteiger partial charge on any atom is -0.297 e. The second kappa shape index (κ2) is 7.35. The Labute approximate surface area is 170 Å². The summed E-state index contributed by atoms with van der Waals surface area (Å²) in [5.41, 5.74) is 1.87. The molecule has 0 aliphatic carbocycles. The largest absolute Gasteiger partial charge is 0.297 e. The highest BCUT2D eigenvalue weighted by Crippen LogP contribution is 2.34. The van der Waals surface area contributed by atoms with Crippen LogP contribution < -0.4 is 5.56 Å². The van der Waals surface area contributed by atoms with Crippen LogP contribution in [0.1, 0.15) is 41.4 Å². The van der Waals surface area contributed by atoms with Gasteiger partial charge < -0.3 is 0 Å². The number of aromatic nitrogens is 4. The van der Waals surface area contributed by atoms with Crippen molar-refractivity contribution >= 4 is 37.9 Å². The lowest BCUT2D eigenvalue weighted by Gasteiger charge is -2.30. The third kappa shape index (κ3) is 3.36. The van der Waals surface area contributed by atoms with Gasteiger partial charge in [-0.3, -0.25) is 9.69 Å². The molecule has 0 atom stereocenters. The maximum absolute atomic E-state index is 12.3. The van der Waals surface area contributed by atoms with E-state index in [-0.39, 0.29) is 5.56 Å². The van der Waals surface area contributed by atoms with Gasteiger partial charge in [-0.05, 0) is 44.5 Å². The number of likely N-dealkylation sites (tertiary alicyclic amines) is 1. The molecule has 0 radical (unpaired) electrons. The molecule has 0 spiro atoms. The van der Waals surface area contributed by atoms with E-state index in [1.165, 1.54) is 25.6 Å². The van der Waals surface area contributed by atoms with E-state index in [9.17, 15) is 4.79 Å². The second-order valence-corrected chi connectivity index (χ2v) is 9.30. The van der Waals surface area contributed by atoms with Crippen molar-refractivity contribution in [3.63, 3.8) is 0 Å². The van der Waals surface area contributed by atoms with Gasteiger partial charge in [0.05, 0.1) is 20.9 Å². The zero-order valence-corrected chi connectivity index (χ0v) is 17.3. The molecular weight excluding hydrogens is 390 g/mol. The zero-order valence-electron chi connectivity index (χ0n) is 15.7. The van der Waals surface area contributed by atoms with E-state index < -0.39 is 0 Å². The number of para-hydroxylation sites is 1. The van der Waals surface area contributed by atoms with E-state index in [1.54, 1.807) is 6.07 Å². The van der Waals surface area contributed by atoms with E-state index in [1.807, 2.05) is 24.3 Å². The first-order valence-corrected chi connectivity index (χ1v) is 11.3. The highest BCUT2D eigenvalue weighted by molar-refractivity contribution is 7.18. The summed E-state index contributed by atoms with van der Waals surface area (Å²) in [5.74, 6) is 0.531. The molecule has 5 rings (SSSR count). The maximum Gasteiger partial charge on any atom is 0.275 e. The van der Waals surface area contributed by atoms with Gasteiger partial charge in [0.1, 0.15) is 5.01 Å². The molecule has 0 bridgehead atoms. The number of rotatable bonds is 4. The van der Waals surface area contributed by atoms with Crippen LogP contribution in [0.15, 0.2) is 35.1 Å². The molecule has 0 amide bonds. The zero-order chi connectivity index (χ0) is 19.1. The fourth-order valence-corrected chi connectivity index (χ4v) is 5.75. The van der Waals surface area contributed by atoms with Crippen LogP contribution in [0, 0.1) is 0 Å². The lowest BCUT2D eigenvalue weighted by atomic mass is 9.97. The lowest BCUT2D eigenvalue weighted by Crippen LogP contribution is -2.33. The summed E-state index contributed by atoms with van der Waals surface area (Å²) in [6.45, 7) is 4.77. The quantitative estimate of drug-likeness (QED) is 0.512. The second-order valence-electron chi connectivity index (χ2n) is 7.20. The highest BCUT2D eigenvalue weighted by atomic mass is 32.1. The molecule has 1 aromatic carbocycles. The molecule has 1 aliphatic heterocycles. The normalized spacial score (nSPS) is 16.3. The van der Waals surface area contributed by atoms with Crippen LogP contribution >= 0.6 is 22.7 Å². The summed E-state index contributed by atoms with van der Waals surface area (Å²) < 4.78 is 2.70. The first-order chi connectivity index (χ1) is 13.7. The van der Waals surface area contributed by atoms with Crippen molar-refractivity contribution in [2.75, 3.05) is 13.1 Å². The monoisotopic (exact) mass is 411 g/mol. The van der Waals surface area contributed by atoms with Crippen molar-refractivity contribution in [1.82, 2.24) is 24.5 Å². The third-order valence-electron chi connectivity index (χ3n) is 5.28. The Bertz CT molecular complexity index is 1150. The Morgan fingerprint density at radius 1 is 1.14 bits per heavy atom. The van der Waals surface area contributed by atoms with Crippen LogP contribution in [-0.4, -0.2) is 37.6 Å². The standard InChI is InChI=1S/C20H21N5OS2/c1-2-17-23-25-18(26)11-14(21-20(25)28-17)12-24-9-7-13(8-10-24)19-22-15-5-3-4-6-16(15)27-19/h3-6,11,13H,2,7-10,12H2,1H3. The van der Waals surface area contributed by atoms with E-state index in [2.05, 4.69) is 33.2 Å². The van der Waals surface area contributed by atoms with Gasteiger partial charge in [-0.25, -0.2) is 9.97 Å². The Kier molecular flexibility index (Phi) is 4.70. The van der Waals surface area contributed by atoms with E-state index >= 15 is 0 Å².